The highest BCUT2D eigenvalue weighted by atomic mass is 32.3. The molecule has 3 aliphatic rings. The standard InChI is InChI=1S/C19H21F3N2O5S/c20-19(21,22)29-15-3-5-17(6-4-15)30(26,27)24-9-7-14(8-10-24)12-18(25)23-13-16-2-1-11-28-16/h3,5,12,16H,1-2,7-11,13H2,(H-,23,25,26,27)/p+1. The van der Waals surface area contributed by atoms with Crippen LogP contribution < -0.4 is 5.32 Å². The lowest BCUT2D eigenvalue weighted by molar-refractivity contribution is -0.303. The van der Waals surface area contributed by atoms with Crippen molar-refractivity contribution in [1.29, 1.82) is 0 Å². The van der Waals surface area contributed by atoms with Gasteiger partial charge in [0.15, 0.2) is 5.76 Å². The molecule has 2 unspecified atom stereocenters. The van der Waals surface area contributed by atoms with Crippen molar-refractivity contribution in [2.45, 2.75) is 38.1 Å². The van der Waals surface area contributed by atoms with Crippen LogP contribution in [0.15, 0.2) is 45.9 Å². The molecule has 3 rings (SSSR count). The molecule has 2 atom stereocenters. The monoisotopic (exact) mass is 447 g/mol. The zero-order chi connectivity index (χ0) is 21.8. The molecule has 0 bridgehead atoms. The topological polar surface area (TPSA) is 88.1 Å². The van der Waals surface area contributed by atoms with E-state index in [1.54, 1.807) is 0 Å². The zero-order valence-electron chi connectivity index (χ0n) is 16.0. The molecule has 0 radical (unpaired) electrons. The third-order valence-corrected chi connectivity index (χ3v) is 6.66. The Morgan fingerprint density at radius 3 is 2.67 bits per heavy atom. The van der Waals surface area contributed by atoms with Crippen LogP contribution in [0.25, 0.3) is 0 Å². The Kier molecular flexibility index (Phi) is 7.02. The van der Waals surface area contributed by atoms with Gasteiger partial charge < -0.3 is 14.8 Å². The molecule has 2 heterocycles. The second-order valence-corrected chi connectivity index (χ2v) is 8.92. The number of hydrogen-bond donors (Lipinski definition) is 2. The van der Waals surface area contributed by atoms with Gasteiger partial charge in [0.25, 0.3) is 4.91 Å². The van der Waals surface area contributed by atoms with Crippen LogP contribution in [-0.4, -0.2) is 53.5 Å². The highest BCUT2D eigenvalue weighted by Crippen LogP contribution is 2.29. The molecule has 0 saturated carbocycles. The maximum Gasteiger partial charge on any atom is 0.573 e. The number of alkyl halides is 3. The molecule has 0 aromatic carbocycles. The lowest BCUT2D eigenvalue weighted by Gasteiger charge is -2.25. The fraction of sp³-hybridized carbons (Fsp3) is 0.526. The zero-order valence-corrected chi connectivity index (χ0v) is 16.9. The molecule has 2 fully saturated rings. The molecule has 30 heavy (non-hydrogen) atoms. The third kappa shape index (κ3) is 6.18. The molecular weight excluding hydrogens is 425 g/mol. The molecule has 1 aliphatic carbocycles. The number of ether oxygens (including phenoxy) is 2. The van der Waals surface area contributed by atoms with E-state index >= 15 is 0 Å². The SMILES string of the molecule is O=C(C=C1CCN([S+](=O)(O)C2=C=C=C(OC(F)(F)F)C=C2)CC1)NCC1CCCO1. The Morgan fingerprint density at radius 1 is 1.37 bits per heavy atom. The quantitative estimate of drug-likeness (QED) is 0.372. The molecule has 11 heteroatoms. The summed E-state index contributed by atoms with van der Waals surface area (Å²) >= 11 is 0. The average Bonchev–Trinajstić information content (AvgIpc) is 3.20. The first-order chi connectivity index (χ1) is 14.1. The van der Waals surface area contributed by atoms with E-state index < -0.39 is 22.5 Å². The van der Waals surface area contributed by atoms with E-state index in [4.69, 9.17) is 4.74 Å². The van der Waals surface area contributed by atoms with Crippen LogP contribution in [0.3, 0.4) is 0 Å². The van der Waals surface area contributed by atoms with Crippen LogP contribution >= 0.6 is 0 Å². The minimum Gasteiger partial charge on any atom is -0.397 e. The number of nitrogens with zero attached hydrogens (tertiary/aromatic N) is 1. The van der Waals surface area contributed by atoms with Crippen molar-refractivity contribution < 1.29 is 36.2 Å². The van der Waals surface area contributed by atoms with Crippen molar-refractivity contribution >= 4 is 16.3 Å². The Bertz CT molecular complexity index is 882. The first-order valence-electron chi connectivity index (χ1n) is 9.44. The first-order valence-corrected chi connectivity index (χ1v) is 10.9. The predicted octanol–water partition coefficient (Wildman–Crippen LogP) is 2.82. The molecule has 1 amide bonds. The third-order valence-electron chi connectivity index (χ3n) is 4.78. The van der Waals surface area contributed by atoms with Crippen LogP contribution in [0.4, 0.5) is 13.2 Å². The van der Waals surface area contributed by atoms with Gasteiger partial charge in [-0.05, 0) is 47.4 Å². The Hall–Kier alpha value is -2.13. The van der Waals surface area contributed by atoms with E-state index in [1.807, 2.05) is 0 Å². The number of carbonyl (C=O) groups excluding carboxylic acids is 1. The van der Waals surface area contributed by atoms with Crippen molar-refractivity contribution in [1.82, 2.24) is 9.62 Å². The number of halogens is 3. The minimum atomic E-state index is -4.88. The second kappa shape index (κ2) is 9.34. The Morgan fingerprint density at radius 2 is 2.10 bits per heavy atom. The van der Waals surface area contributed by atoms with Crippen molar-refractivity contribution in [2.24, 2.45) is 0 Å². The van der Waals surface area contributed by atoms with Gasteiger partial charge in [-0.25, -0.2) is 0 Å². The Labute approximate surface area is 173 Å². The van der Waals surface area contributed by atoms with Crippen molar-refractivity contribution in [2.75, 3.05) is 26.2 Å². The summed E-state index contributed by atoms with van der Waals surface area (Å²) < 4.78 is 70.3. The normalized spacial score (nSPS) is 24.1. The van der Waals surface area contributed by atoms with Gasteiger partial charge in [0, 0.05) is 25.3 Å². The molecule has 2 N–H and O–H groups in total. The van der Waals surface area contributed by atoms with Crippen molar-refractivity contribution in [3.05, 3.63) is 45.9 Å². The summed E-state index contributed by atoms with van der Waals surface area (Å²) in [6.07, 6.45) is 1.42. The number of hydrogen-bond acceptors (Lipinski definition) is 4. The van der Waals surface area contributed by atoms with Crippen molar-refractivity contribution in [3.63, 3.8) is 0 Å². The van der Waals surface area contributed by atoms with E-state index in [-0.39, 0.29) is 30.0 Å². The largest absolute Gasteiger partial charge is 0.573 e. The van der Waals surface area contributed by atoms with Gasteiger partial charge in [0.1, 0.15) is 0 Å². The summed E-state index contributed by atoms with van der Waals surface area (Å²) in [4.78, 5) is 11.9. The van der Waals surface area contributed by atoms with Gasteiger partial charge in [0.2, 0.25) is 5.91 Å². The smallest absolute Gasteiger partial charge is 0.397 e. The molecular formula is C19H22F3N2O5S+. The number of amides is 1. The fourth-order valence-electron chi connectivity index (χ4n) is 3.26. The summed E-state index contributed by atoms with van der Waals surface area (Å²) in [5.41, 5.74) is 5.24. The number of allylic oxidation sites excluding steroid dienone is 2. The molecule has 2 aliphatic heterocycles. The van der Waals surface area contributed by atoms with Gasteiger partial charge in [-0.1, -0.05) is 9.88 Å². The summed E-state index contributed by atoms with van der Waals surface area (Å²) in [5, 5.41) is 2.80. The number of carbonyl (C=O) groups is 1. The van der Waals surface area contributed by atoms with Gasteiger partial charge in [-0.2, -0.15) is 4.55 Å². The van der Waals surface area contributed by atoms with Crippen LogP contribution in [0.5, 0.6) is 0 Å². The van der Waals surface area contributed by atoms with Crippen LogP contribution in [0.2, 0.25) is 0 Å². The first kappa shape index (κ1) is 22.6. The molecule has 2 saturated heterocycles. The van der Waals surface area contributed by atoms with Crippen molar-refractivity contribution in [3.8, 4) is 0 Å². The lowest BCUT2D eigenvalue weighted by Crippen LogP contribution is -2.41. The fourth-order valence-corrected chi connectivity index (χ4v) is 4.64. The van der Waals surface area contributed by atoms with E-state index in [0.717, 1.165) is 30.6 Å². The molecule has 0 aromatic heterocycles. The summed E-state index contributed by atoms with van der Waals surface area (Å²) in [6, 6.07) is 0. The van der Waals surface area contributed by atoms with E-state index in [9.17, 15) is 26.7 Å². The maximum absolute atomic E-state index is 12.8. The van der Waals surface area contributed by atoms with E-state index in [1.165, 1.54) is 10.4 Å². The van der Waals surface area contributed by atoms with Gasteiger partial charge >= 0.3 is 16.8 Å². The minimum absolute atomic E-state index is 0.0502. The van der Waals surface area contributed by atoms with Crippen LogP contribution in [0.1, 0.15) is 25.7 Å². The number of piperidine rings is 1. The van der Waals surface area contributed by atoms with Crippen LogP contribution in [-0.2, 0) is 28.9 Å². The maximum atomic E-state index is 12.8. The Balaban J connectivity index is 1.56. The number of nitrogens with one attached hydrogen (secondary N) is 1. The molecule has 7 nitrogen and oxygen atoms in total. The molecule has 164 valence electrons. The molecule has 0 aromatic rings. The summed E-state index contributed by atoms with van der Waals surface area (Å²) in [7, 11) is -3.68. The van der Waals surface area contributed by atoms with Gasteiger partial charge in [-0.15, -0.1) is 13.2 Å². The summed E-state index contributed by atoms with van der Waals surface area (Å²) in [6.45, 7) is 1.61. The van der Waals surface area contributed by atoms with E-state index in [0.29, 0.717) is 26.0 Å². The van der Waals surface area contributed by atoms with Crippen LogP contribution in [0, 0.1) is 0 Å². The lowest BCUT2D eigenvalue weighted by atomic mass is 10.1. The number of rotatable bonds is 6. The van der Waals surface area contributed by atoms with E-state index in [2.05, 4.69) is 21.5 Å². The second-order valence-electron chi connectivity index (χ2n) is 6.97. The van der Waals surface area contributed by atoms with Gasteiger partial charge in [0.05, 0.1) is 19.2 Å². The summed E-state index contributed by atoms with van der Waals surface area (Å²) in [5.74, 6) is -0.860. The predicted molar refractivity (Wildman–Crippen MR) is 102 cm³/mol. The highest BCUT2D eigenvalue weighted by molar-refractivity contribution is 7.99. The van der Waals surface area contributed by atoms with Gasteiger partial charge in [-0.3, -0.25) is 4.79 Å². The average molecular weight is 447 g/mol. The molecule has 0 spiro atoms. The highest BCUT2D eigenvalue weighted by Gasteiger charge is 2.42.